The van der Waals surface area contributed by atoms with E-state index in [-0.39, 0.29) is 0 Å². The lowest BCUT2D eigenvalue weighted by atomic mass is 9.67. The van der Waals surface area contributed by atoms with Gasteiger partial charge in [-0.2, -0.15) is 0 Å². The van der Waals surface area contributed by atoms with Crippen LogP contribution in [0.25, 0.3) is 31.3 Å². The highest BCUT2D eigenvalue weighted by Gasteiger charge is 2.51. The summed E-state index contributed by atoms with van der Waals surface area (Å²) in [7, 11) is 0. The zero-order valence-electron chi connectivity index (χ0n) is 21.5. The molecule has 0 atom stereocenters. The summed E-state index contributed by atoms with van der Waals surface area (Å²) >= 11 is 3.75. The first kappa shape index (κ1) is 22.5. The molecule has 7 aromatic rings. The molecule has 1 nitrogen and oxygen atoms in total. The van der Waals surface area contributed by atoms with Crippen LogP contribution in [0.3, 0.4) is 0 Å². The molecule has 1 aromatic heterocycles. The summed E-state index contributed by atoms with van der Waals surface area (Å²) in [6.45, 7) is 0. The van der Waals surface area contributed by atoms with Crippen LogP contribution in [0.1, 0.15) is 22.3 Å². The molecule has 2 heterocycles. The van der Waals surface area contributed by atoms with Gasteiger partial charge in [-0.1, -0.05) is 115 Å². The van der Waals surface area contributed by atoms with Gasteiger partial charge in [0, 0.05) is 36.5 Å². The van der Waals surface area contributed by atoms with Crippen molar-refractivity contribution in [2.24, 2.45) is 0 Å². The third-order valence-corrected chi connectivity index (χ3v) is 10.9. The zero-order valence-corrected chi connectivity index (χ0v) is 23.2. The van der Waals surface area contributed by atoms with Crippen LogP contribution in [0, 0.1) is 0 Å². The first-order valence-corrected chi connectivity index (χ1v) is 15.2. The number of anilines is 2. The minimum absolute atomic E-state index is 0.401. The van der Waals surface area contributed by atoms with E-state index in [1.165, 1.54) is 63.3 Å². The first-order chi connectivity index (χ1) is 19.8. The van der Waals surface area contributed by atoms with Crippen molar-refractivity contribution in [2.75, 3.05) is 5.32 Å². The summed E-state index contributed by atoms with van der Waals surface area (Å²) in [5.41, 5.74) is 9.97. The highest BCUT2D eigenvalue weighted by Crippen LogP contribution is 2.63. The van der Waals surface area contributed by atoms with Crippen LogP contribution < -0.4 is 5.32 Å². The van der Waals surface area contributed by atoms with Gasteiger partial charge in [-0.05, 0) is 58.1 Å². The van der Waals surface area contributed by atoms with E-state index < -0.39 is 5.41 Å². The number of hydrogen-bond acceptors (Lipinski definition) is 3. The maximum absolute atomic E-state index is 3.98. The lowest BCUT2D eigenvalue weighted by Gasteiger charge is -2.40. The molecule has 3 heteroatoms. The standard InChI is InChI=1S/C37H23NS2/c1-3-15-27-23(11-1)25-13-9-18-30(38-31-19-10-14-26-24-12-2-6-20-32(24)40-36(26)31)35(25)37(27)28-16-4-7-21-33(28)39-34-22-8-5-17-29(34)37/h1-22,38H. The molecule has 0 unspecified atom stereocenters. The summed E-state index contributed by atoms with van der Waals surface area (Å²) in [5, 5.41) is 6.61. The number of hydrogen-bond donors (Lipinski definition) is 1. The molecule has 1 N–H and O–H groups in total. The smallest absolute Gasteiger partial charge is 0.0755 e. The van der Waals surface area contributed by atoms with Crippen molar-refractivity contribution in [2.45, 2.75) is 15.2 Å². The van der Waals surface area contributed by atoms with Gasteiger partial charge in [0.1, 0.15) is 0 Å². The van der Waals surface area contributed by atoms with E-state index in [1.54, 1.807) is 0 Å². The van der Waals surface area contributed by atoms with E-state index in [0.717, 1.165) is 11.4 Å². The maximum Gasteiger partial charge on any atom is 0.0755 e. The maximum atomic E-state index is 3.98. The summed E-state index contributed by atoms with van der Waals surface area (Å²) < 4.78 is 2.62. The Kier molecular flexibility index (Phi) is 4.69. The normalized spacial score (nSPS) is 14.1. The summed E-state index contributed by atoms with van der Waals surface area (Å²) in [4.78, 5) is 2.65. The molecule has 6 aromatic carbocycles. The molecule has 188 valence electrons. The largest absolute Gasteiger partial charge is 0.354 e. The summed E-state index contributed by atoms with van der Waals surface area (Å²) in [5.74, 6) is 0. The van der Waals surface area contributed by atoms with Crippen molar-refractivity contribution in [1.82, 2.24) is 0 Å². The van der Waals surface area contributed by atoms with Gasteiger partial charge in [0.25, 0.3) is 0 Å². The molecule has 40 heavy (non-hydrogen) atoms. The lowest BCUT2D eigenvalue weighted by molar-refractivity contribution is 0.724. The Morgan fingerprint density at radius 3 is 1.90 bits per heavy atom. The molecule has 0 saturated carbocycles. The monoisotopic (exact) mass is 545 g/mol. The highest BCUT2D eigenvalue weighted by molar-refractivity contribution is 7.99. The third kappa shape index (κ3) is 2.89. The van der Waals surface area contributed by atoms with Crippen LogP contribution in [0.5, 0.6) is 0 Å². The zero-order chi connectivity index (χ0) is 26.3. The Hall–Kier alpha value is -4.31. The van der Waals surface area contributed by atoms with E-state index in [4.69, 9.17) is 0 Å². The molecule has 9 rings (SSSR count). The molecule has 0 amide bonds. The van der Waals surface area contributed by atoms with E-state index in [9.17, 15) is 0 Å². The van der Waals surface area contributed by atoms with Gasteiger partial charge < -0.3 is 5.32 Å². The van der Waals surface area contributed by atoms with Crippen LogP contribution in [-0.4, -0.2) is 0 Å². The quantitative estimate of drug-likeness (QED) is 0.232. The lowest BCUT2D eigenvalue weighted by Crippen LogP contribution is -2.32. The van der Waals surface area contributed by atoms with Crippen LogP contribution in [0.4, 0.5) is 11.4 Å². The summed E-state index contributed by atoms with van der Waals surface area (Å²) in [6.07, 6.45) is 0. The van der Waals surface area contributed by atoms with Crippen molar-refractivity contribution < 1.29 is 0 Å². The Bertz CT molecular complexity index is 2090. The van der Waals surface area contributed by atoms with Crippen LogP contribution in [0.2, 0.25) is 0 Å². The van der Waals surface area contributed by atoms with Crippen LogP contribution in [-0.2, 0) is 5.41 Å². The van der Waals surface area contributed by atoms with Crippen LogP contribution >= 0.6 is 23.1 Å². The molecule has 0 fully saturated rings. The number of fused-ring (bicyclic) bond motifs is 12. The fourth-order valence-corrected chi connectivity index (χ4v) is 9.37. The van der Waals surface area contributed by atoms with Crippen molar-refractivity contribution in [3.8, 4) is 11.1 Å². The Balaban J connectivity index is 1.37. The average Bonchev–Trinajstić information content (AvgIpc) is 3.53. The Morgan fingerprint density at radius 1 is 0.475 bits per heavy atom. The van der Waals surface area contributed by atoms with E-state index in [1.807, 2.05) is 23.1 Å². The fraction of sp³-hybridized carbons (Fsp3) is 0.0270. The second kappa shape index (κ2) is 8.34. The van der Waals surface area contributed by atoms with Gasteiger partial charge in [0.05, 0.1) is 15.8 Å². The Morgan fingerprint density at radius 2 is 1.07 bits per heavy atom. The molecule has 1 aliphatic heterocycles. The van der Waals surface area contributed by atoms with Crippen molar-refractivity contribution in [1.29, 1.82) is 0 Å². The topological polar surface area (TPSA) is 12.0 Å². The van der Waals surface area contributed by atoms with E-state index in [0.29, 0.717) is 0 Å². The van der Waals surface area contributed by atoms with E-state index in [2.05, 4.69) is 139 Å². The second-order valence-corrected chi connectivity index (χ2v) is 12.7. The molecule has 0 radical (unpaired) electrons. The number of thiophene rings is 1. The predicted molar refractivity (Wildman–Crippen MR) is 170 cm³/mol. The molecular weight excluding hydrogens is 523 g/mol. The minimum atomic E-state index is -0.401. The van der Waals surface area contributed by atoms with Crippen molar-refractivity contribution in [3.05, 3.63) is 156 Å². The number of nitrogens with one attached hydrogen (secondary N) is 1. The molecule has 2 aliphatic rings. The van der Waals surface area contributed by atoms with Crippen molar-refractivity contribution in [3.63, 3.8) is 0 Å². The molecular formula is C37H23NS2. The second-order valence-electron chi connectivity index (χ2n) is 10.5. The third-order valence-electron chi connectivity index (χ3n) is 8.54. The Labute approximate surface area is 241 Å². The van der Waals surface area contributed by atoms with Gasteiger partial charge in [0.15, 0.2) is 0 Å². The first-order valence-electron chi connectivity index (χ1n) is 13.6. The number of rotatable bonds is 2. The van der Waals surface area contributed by atoms with Crippen molar-refractivity contribution >= 4 is 54.6 Å². The minimum Gasteiger partial charge on any atom is -0.354 e. The molecule has 0 bridgehead atoms. The highest BCUT2D eigenvalue weighted by atomic mass is 32.2. The average molecular weight is 546 g/mol. The molecule has 1 spiro atoms. The van der Waals surface area contributed by atoms with Crippen LogP contribution in [0.15, 0.2) is 143 Å². The SMILES string of the molecule is c1ccc2c(c1)Sc1ccccc1C21c2ccccc2-c2cccc(Nc3cccc4c3sc3ccccc34)c21. The summed E-state index contributed by atoms with van der Waals surface area (Å²) in [6, 6.07) is 49.2. The van der Waals surface area contributed by atoms with Gasteiger partial charge in [-0.15, -0.1) is 11.3 Å². The fourth-order valence-electron chi connectivity index (χ4n) is 7.01. The van der Waals surface area contributed by atoms with E-state index >= 15 is 0 Å². The van der Waals surface area contributed by atoms with Gasteiger partial charge in [0.2, 0.25) is 0 Å². The van der Waals surface area contributed by atoms with Gasteiger partial charge in [-0.25, -0.2) is 0 Å². The number of benzene rings is 6. The van der Waals surface area contributed by atoms with Gasteiger partial charge in [-0.3, -0.25) is 0 Å². The predicted octanol–water partition coefficient (Wildman–Crippen LogP) is 10.6. The van der Waals surface area contributed by atoms with Gasteiger partial charge >= 0.3 is 0 Å². The molecule has 0 saturated heterocycles. The molecule has 1 aliphatic carbocycles.